The highest BCUT2D eigenvalue weighted by Crippen LogP contribution is 2.34. The molecule has 5 heteroatoms. The van der Waals surface area contributed by atoms with Crippen LogP contribution in [-0.2, 0) is 4.79 Å². The smallest absolute Gasteiger partial charge is 0.239 e. The van der Waals surface area contributed by atoms with Crippen molar-refractivity contribution in [2.24, 2.45) is 5.92 Å². The van der Waals surface area contributed by atoms with Gasteiger partial charge in [0.25, 0.3) is 0 Å². The van der Waals surface area contributed by atoms with Crippen molar-refractivity contribution < 1.29 is 14.3 Å². The number of fused-ring (bicyclic) bond motifs is 1. The second-order valence-electron chi connectivity index (χ2n) is 6.25. The van der Waals surface area contributed by atoms with Crippen molar-refractivity contribution in [2.75, 3.05) is 24.5 Å². The van der Waals surface area contributed by atoms with Gasteiger partial charge < -0.3 is 15.0 Å². The highest BCUT2D eigenvalue weighted by Gasteiger charge is 2.25. The van der Waals surface area contributed by atoms with Crippen LogP contribution in [0, 0.1) is 5.92 Å². The number of amides is 1. The van der Waals surface area contributed by atoms with E-state index in [1.807, 2.05) is 11.8 Å². The molecule has 1 N–H and O–H groups in total. The monoisotopic (exact) mass is 304 g/mol. The summed E-state index contributed by atoms with van der Waals surface area (Å²) in [5.41, 5.74) is 1.44. The number of carbonyl (C=O) groups excluding carboxylic acids is 2. The van der Waals surface area contributed by atoms with Crippen LogP contribution in [0.5, 0.6) is 5.75 Å². The Hall–Kier alpha value is -2.04. The molecule has 1 aromatic carbocycles. The third-order valence-corrected chi connectivity index (χ3v) is 3.55. The van der Waals surface area contributed by atoms with Gasteiger partial charge in [0.2, 0.25) is 5.91 Å². The number of hydrogen-bond acceptors (Lipinski definition) is 4. The van der Waals surface area contributed by atoms with Gasteiger partial charge in [-0.15, -0.1) is 0 Å². The summed E-state index contributed by atoms with van der Waals surface area (Å²) in [6, 6.07) is 5.37. The van der Waals surface area contributed by atoms with Crippen LogP contribution in [0.25, 0.3) is 0 Å². The maximum atomic E-state index is 12.1. The van der Waals surface area contributed by atoms with Crippen LogP contribution in [0.1, 0.15) is 38.1 Å². The number of hydrogen-bond donors (Lipinski definition) is 1. The second-order valence-corrected chi connectivity index (χ2v) is 6.25. The molecule has 0 saturated heterocycles. The van der Waals surface area contributed by atoms with Crippen LogP contribution in [0.2, 0.25) is 0 Å². The number of Topliss-reactive ketones (excluding diaryl/α,β-unsaturated/α-hetero) is 1. The lowest BCUT2D eigenvalue weighted by molar-refractivity contribution is -0.120. The number of ketones is 1. The summed E-state index contributed by atoms with van der Waals surface area (Å²) >= 11 is 0. The highest BCUT2D eigenvalue weighted by molar-refractivity contribution is 5.96. The molecule has 0 aromatic heterocycles. The number of benzene rings is 1. The Morgan fingerprint density at radius 2 is 2.14 bits per heavy atom. The van der Waals surface area contributed by atoms with E-state index in [-0.39, 0.29) is 24.3 Å². The molecule has 1 unspecified atom stereocenters. The van der Waals surface area contributed by atoms with Crippen LogP contribution in [-0.4, -0.2) is 37.4 Å². The van der Waals surface area contributed by atoms with E-state index in [4.69, 9.17) is 4.74 Å². The molecule has 120 valence electrons. The molecule has 0 saturated carbocycles. The summed E-state index contributed by atoms with van der Waals surface area (Å²) in [6.45, 7) is 9.20. The first-order chi connectivity index (χ1) is 10.4. The van der Waals surface area contributed by atoms with Gasteiger partial charge in [0.1, 0.15) is 11.9 Å². The lowest BCUT2D eigenvalue weighted by Crippen LogP contribution is -2.45. The molecule has 22 heavy (non-hydrogen) atoms. The van der Waals surface area contributed by atoms with Gasteiger partial charge in [0, 0.05) is 12.1 Å². The first-order valence-electron chi connectivity index (χ1n) is 7.70. The largest absolute Gasteiger partial charge is 0.487 e. The number of anilines is 1. The molecule has 1 atom stereocenters. The van der Waals surface area contributed by atoms with Gasteiger partial charge >= 0.3 is 0 Å². The first kappa shape index (κ1) is 16.3. The average molecular weight is 304 g/mol. The van der Waals surface area contributed by atoms with Crippen molar-refractivity contribution in [3.05, 3.63) is 23.8 Å². The molecule has 0 bridgehead atoms. The predicted molar refractivity (Wildman–Crippen MR) is 86.6 cm³/mol. The third kappa shape index (κ3) is 4.00. The summed E-state index contributed by atoms with van der Waals surface area (Å²) < 4.78 is 5.79. The number of nitrogens with one attached hydrogen (secondary N) is 1. The minimum Gasteiger partial charge on any atom is -0.487 e. The Balaban J connectivity index is 2.17. The van der Waals surface area contributed by atoms with E-state index < -0.39 is 0 Å². The molecule has 5 nitrogen and oxygen atoms in total. The summed E-state index contributed by atoms with van der Waals surface area (Å²) in [6.07, 6.45) is 0.00794. The normalized spacial score (nSPS) is 17.0. The Labute approximate surface area is 131 Å². The van der Waals surface area contributed by atoms with Crippen LogP contribution in [0.4, 0.5) is 5.69 Å². The van der Waals surface area contributed by atoms with Crippen LogP contribution >= 0.6 is 0 Å². The molecule has 1 aliphatic rings. The van der Waals surface area contributed by atoms with Crippen molar-refractivity contribution in [3.8, 4) is 5.75 Å². The summed E-state index contributed by atoms with van der Waals surface area (Å²) in [4.78, 5) is 25.6. The van der Waals surface area contributed by atoms with Gasteiger partial charge in [-0.25, -0.2) is 0 Å². The maximum Gasteiger partial charge on any atom is 0.239 e. The zero-order valence-electron chi connectivity index (χ0n) is 13.7. The Kier molecular flexibility index (Phi) is 5.06. The molecule has 0 fully saturated rings. The Bertz CT molecular complexity index is 569. The first-order valence-corrected chi connectivity index (χ1v) is 7.70. The second kappa shape index (κ2) is 6.81. The minimum absolute atomic E-state index is 0.00521. The van der Waals surface area contributed by atoms with Gasteiger partial charge in [-0.3, -0.25) is 9.59 Å². The zero-order valence-corrected chi connectivity index (χ0v) is 13.7. The zero-order chi connectivity index (χ0) is 16.3. The van der Waals surface area contributed by atoms with E-state index in [1.165, 1.54) is 6.92 Å². The summed E-state index contributed by atoms with van der Waals surface area (Å²) in [7, 11) is 0. The van der Waals surface area contributed by atoms with Gasteiger partial charge in [-0.2, -0.15) is 0 Å². The molecular weight excluding hydrogens is 280 g/mol. The van der Waals surface area contributed by atoms with Crippen molar-refractivity contribution in [2.45, 2.75) is 33.8 Å². The van der Waals surface area contributed by atoms with E-state index in [1.54, 1.807) is 18.2 Å². The Morgan fingerprint density at radius 1 is 1.41 bits per heavy atom. The number of carbonyl (C=O) groups is 2. The average Bonchev–Trinajstić information content (AvgIpc) is 2.44. The fourth-order valence-corrected chi connectivity index (χ4v) is 2.44. The van der Waals surface area contributed by atoms with Gasteiger partial charge in [0.05, 0.1) is 18.8 Å². The van der Waals surface area contributed by atoms with E-state index >= 15 is 0 Å². The van der Waals surface area contributed by atoms with E-state index in [0.717, 1.165) is 11.4 Å². The topological polar surface area (TPSA) is 58.6 Å². The molecular formula is C17H24N2O3. The minimum atomic E-state index is -0.0121. The summed E-state index contributed by atoms with van der Waals surface area (Å²) in [5, 5.41) is 2.92. The maximum absolute atomic E-state index is 12.1. The van der Waals surface area contributed by atoms with E-state index in [9.17, 15) is 9.59 Å². The van der Waals surface area contributed by atoms with Crippen LogP contribution in [0.3, 0.4) is 0 Å². The van der Waals surface area contributed by atoms with E-state index in [2.05, 4.69) is 19.2 Å². The van der Waals surface area contributed by atoms with Crippen molar-refractivity contribution in [3.63, 3.8) is 0 Å². The highest BCUT2D eigenvalue weighted by atomic mass is 16.5. The quantitative estimate of drug-likeness (QED) is 0.848. The number of rotatable bonds is 5. The molecule has 0 spiro atoms. The lowest BCUT2D eigenvalue weighted by atomic mass is 10.1. The van der Waals surface area contributed by atoms with Gasteiger partial charge in [0.15, 0.2) is 5.78 Å². The molecule has 2 rings (SSSR count). The third-order valence-electron chi connectivity index (χ3n) is 3.55. The number of nitrogens with zero attached hydrogens (tertiary/aromatic N) is 1. The predicted octanol–water partition coefficient (Wildman–Crippen LogP) is 2.25. The molecule has 1 heterocycles. The van der Waals surface area contributed by atoms with Gasteiger partial charge in [-0.05, 0) is 38.0 Å². The SMILES string of the molecule is CC(=O)c1ccc2c(c1)N(CC(=O)NCC(C)C)CC(C)O2. The van der Waals surface area contributed by atoms with Crippen LogP contribution < -0.4 is 15.0 Å². The fourth-order valence-electron chi connectivity index (χ4n) is 2.44. The molecule has 1 amide bonds. The van der Waals surface area contributed by atoms with Crippen molar-refractivity contribution in [1.82, 2.24) is 5.32 Å². The standard InChI is InChI=1S/C17H24N2O3/c1-11(2)8-18-17(21)10-19-9-12(3)22-16-6-5-14(13(4)20)7-15(16)19/h5-7,11-12H,8-10H2,1-4H3,(H,18,21). The van der Waals surface area contributed by atoms with E-state index in [0.29, 0.717) is 24.6 Å². The fraction of sp³-hybridized carbons (Fsp3) is 0.529. The van der Waals surface area contributed by atoms with Crippen molar-refractivity contribution >= 4 is 17.4 Å². The number of ether oxygens (including phenoxy) is 1. The van der Waals surface area contributed by atoms with Gasteiger partial charge in [-0.1, -0.05) is 13.8 Å². The lowest BCUT2D eigenvalue weighted by Gasteiger charge is -2.34. The molecule has 0 radical (unpaired) electrons. The molecule has 0 aliphatic carbocycles. The summed E-state index contributed by atoms with van der Waals surface area (Å²) in [5.74, 6) is 1.14. The van der Waals surface area contributed by atoms with Crippen molar-refractivity contribution in [1.29, 1.82) is 0 Å². The molecule has 1 aromatic rings. The van der Waals surface area contributed by atoms with Crippen LogP contribution in [0.15, 0.2) is 18.2 Å². The molecule has 1 aliphatic heterocycles. The Morgan fingerprint density at radius 3 is 2.77 bits per heavy atom.